The van der Waals surface area contributed by atoms with Crippen molar-refractivity contribution in [2.75, 3.05) is 59.2 Å². The Kier molecular flexibility index (Phi) is 18.9. The van der Waals surface area contributed by atoms with Crippen molar-refractivity contribution in [1.82, 2.24) is 9.80 Å². The lowest BCUT2D eigenvalue weighted by molar-refractivity contribution is -0.171. The monoisotopic (exact) mass is 880 g/mol. The molecular formula is C46H60N2O11S2. The number of thiophene rings is 2. The lowest BCUT2D eigenvalue weighted by atomic mass is 9.97. The van der Waals surface area contributed by atoms with Gasteiger partial charge in [-0.25, -0.2) is 9.59 Å². The van der Waals surface area contributed by atoms with Gasteiger partial charge >= 0.3 is 23.9 Å². The van der Waals surface area contributed by atoms with E-state index in [9.17, 15) is 24.0 Å². The van der Waals surface area contributed by atoms with E-state index in [1.54, 1.807) is 27.6 Å². The highest BCUT2D eigenvalue weighted by atomic mass is 32.1. The van der Waals surface area contributed by atoms with Gasteiger partial charge in [-0.1, -0.05) is 24.3 Å². The van der Waals surface area contributed by atoms with Crippen molar-refractivity contribution >= 4 is 72.6 Å². The second-order valence-electron chi connectivity index (χ2n) is 17.0. The Morgan fingerprint density at radius 3 is 1.57 bits per heavy atom. The number of carboxylic acids is 2. The Hall–Kier alpha value is -4.67. The second-order valence-corrected chi connectivity index (χ2v) is 18.9. The highest BCUT2D eigenvalue weighted by Crippen LogP contribution is 2.24. The minimum absolute atomic E-state index is 0.0535. The van der Waals surface area contributed by atoms with Crippen LogP contribution >= 0.6 is 22.7 Å². The van der Waals surface area contributed by atoms with Gasteiger partial charge in [0.1, 0.15) is 12.2 Å². The molecule has 0 bridgehead atoms. The summed E-state index contributed by atoms with van der Waals surface area (Å²) in [6.45, 7) is 17.4. The number of nitrogens with zero attached hydrogens (tertiary/aromatic N) is 2. The Balaban J connectivity index is 0.000000228. The summed E-state index contributed by atoms with van der Waals surface area (Å²) in [5.41, 5.74) is 1.66. The van der Waals surface area contributed by atoms with E-state index in [-0.39, 0.29) is 30.1 Å². The predicted octanol–water partition coefficient (Wildman–Crippen LogP) is 7.49. The van der Waals surface area contributed by atoms with E-state index in [4.69, 9.17) is 29.2 Å². The van der Waals surface area contributed by atoms with Crippen LogP contribution < -0.4 is 0 Å². The van der Waals surface area contributed by atoms with Gasteiger partial charge in [0, 0.05) is 47.8 Å². The molecule has 2 aliphatic rings. The molecule has 0 aliphatic carbocycles. The fourth-order valence-electron chi connectivity index (χ4n) is 5.93. The first kappa shape index (κ1) is 49.0. The molecule has 61 heavy (non-hydrogen) atoms. The summed E-state index contributed by atoms with van der Waals surface area (Å²) in [5, 5.41) is 22.5. The highest BCUT2D eigenvalue weighted by molar-refractivity contribution is 7.17. The van der Waals surface area contributed by atoms with Crippen LogP contribution in [-0.2, 0) is 55.8 Å². The molecule has 6 rings (SSSR count). The molecule has 4 aromatic rings. The zero-order chi connectivity index (χ0) is 44.6. The van der Waals surface area contributed by atoms with E-state index in [2.05, 4.69) is 64.2 Å². The van der Waals surface area contributed by atoms with Crippen molar-refractivity contribution in [1.29, 1.82) is 0 Å². The van der Waals surface area contributed by atoms with E-state index >= 15 is 0 Å². The highest BCUT2D eigenvalue weighted by Gasteiger charge is 2.36. The van der Waals surface area contributed by atoms with Gasteiger partial charge in [-0.05, 0) is 118 Å². The predicted molar refractivity (Wildman–Crippen MR) is 238 cm³/mol. The molecule has 2 aliphatic heterocycles. The van der Waals surface area contributed by atoms with Gasteiger partial charge in [-0.2, -0.15) is 0 Å². The molecule has 13 nitrogen and oxygen atoms in total. The van der Waals surface area contributed by atoms with Crippen molar-refractivity contribution in [3.05, 3.63) is 82.6 Å². The molecule has 0 atom stereocenters. The number of carbonyl (C=O) groups excluding carboxylic acids is 3. The number of rotatable bonds is 17. The van der Waals surface area contributed by atoms with E-state index in [1.807, 2.05) is 41.5 Å². The van der Waals surface area contributed by atoms with Crippen molar-refractivity contribution in [2.45, 2.75) is 79.4 Å². The zero-order valence-electron chi connectivity index (χ0n) is 36.1. The third-order valence-corrected chi connectivity index (χ3v) is 11.4. The molecule has 2 saturated heterocycles. The normalized spacial score (nSPS) is 14.7. The number of carbonyl (C=O) groups is 5. The number of hydrogen-bond donors (Lipinski definition) is 2. The van der Waals surface area contributed by atoms with Gasteiger partial charge in [0.15, 0.2) is 0 Å². The number of aliphatic carboxylic acids is 2. The average Bonchev–Trinajstić information content (AvgIpc) is 3.84. The van der Waals surface area contributed by atoms with Gasteiger partial charge in [0.2, 0.25) is 5.91 Å². The molecule has 0 saturated carbocycles. The minimum atomic E-state index is -1.26. The number of carboxylic acid groups (broad SMARTS) is 2. The molecule has 0 spiro atoms. The van der Waals surface area contributed by atoms with Crippen molar-refractivity contribution < 1.29 is 53.1 Å². The maximum absolute atomic E-state index is 12.1. The van der Waals surface area contributed by atoms with Gasteiger partial charge in [0.05, 0.1) is 50.2 Å². The standard InChI is InChI=1S/C21H27NO4S.C21H29NO3S.C4H4O4/c1-21(2,3)20(24)26-17-13-22(14-17)19(23)7-10-25-9-6-15-4-5-18-16(12-15)8-11-27-18;1-21(2,3)20(23)25-18-14-22(15-18)9-4-10-24-11-7-16-5-6-19-17(13-16)8-12-26-19;5-3(6)1-2-4(7)8/h4-5,8,11-12,17H,6-7,9-10,13-14H2,1-3H3;5-6,8,12-13,18H,4,7,9-11,14-15H2,1-3H3;1-2H,(H,5,6)(H,7,8)/b;;2-1-. The molecule has 332 valence electrons. The van der Waals surface area contributed by atoms with Crippen molar-refractivity contribution in [2.24, 2.45) is 10.8 Å². The molecule has 1 amide bonds. The first-order valence-corrected chi connectivity index (χ1v) is 22.3. The Morgan fingerprint density at radius 2 is 1.11 bits per heavy atom. The molecule has 2 aromatic carbocycles. The van der Waals surface area contributed by atoms with E-state index in [1.165, 1.54) is 31.3 Å². The van der Waals surface area contributed by atoms with Crippen LogP contribution in [0.15, 0.2) is 71.4 Å². The van der Waals surface area contributed by atoms with Crippen LogP contribution in [0.4, 0.5) is 0 Å². The molecule has 15 heteroatoms. The fourth-order valence-corrected chi connectivity index (χ4v) is 7.47. The summed E-state index contributed by atoms with van der Waals surface area (Å²) < 4.78 is 24.9. The Labute approximate surface area is 366 Å². The lowest BCUT2D eigenvalue weighted by Gasteiger charge is -2.39. The van der Waals surface area contributed by atoms with E-state index in [0.717, 1.165) is 52.1 Å². The quantitative estimate of drug-likeness (QED) is 0.0610. The molecule has 2 aromatic heterocycles. The summed E-state index contributed by atoms with van der Waals surface area (Å²) in [4.78, 5) is 58.9. The van der Waals surface area contributed by atoms with E-state index < -0.39 is 22.8 Å². The topological polar surface area (TPSA) is 169 Å². The Morgan fingerprint density at radius 1 is 0.656 bits per heavy atom. The van der Waals surface area contributed by atoms with Gasteiger partial charge < -0.3 is 34.1 Å². The van der Waals surface area contributed by atoms with Gasteiger partial charge in [-0.3, -0.25) is 19.3 Å². The van der Waals surface area contributed by atoms with Crippen LogP contribution in [0.3, 0.4) is 0 Å². The summed E-state index contributed by atoms with van der Waals surface area (Å²) in [6.07, 6.45) is 4.19. The van der Waals surface area contributed by atoms with Crippen molar-refractivity contribution in [3.63, 3.8) is 0 Å². The number of fused-ring (bicyclic) bond motifs is 2. The van der Waals surface area contributed by atoms with Crippen LogP contribution in [0, 0.1) is 10.8 Å². The largest absolute Gasteiger partial charge is 0.478 e. The maximum Gasteiger partial charge on any atom is 0.328 e. The first-order valence-electron chi connectivity index (χ1n) is 20.5. The summed E-state index contributed by atoms with van der Waals surface area (Å²) in [7, 11) is 0. The number of esters is 2. The number of amides is 1. The maximum atomic E-state index is 12.1. The van der Waals surface area contributed by atoms with Crippen LogP contribution in [0.5, 0.6) is 0 Å². The molecule has 2 N–H and O–H groups in total. The third-order valence-electron chi connectivity index (χ3n) is 9.59. The Bertz CT molecular complexity index is 2070. The summed E-state index contributed by atoms with van der Waals surface area (Å²) in [6, 6.07) is 17.4. The van der Waals surface area contributed by atoms with Crippen LogP contribution in [-0.4, -0.2) is 121 Å². The lowest BCUT2D eigenvalue weighted by Crippen LogP contribution is -2.56. The molecule has 2 fully saturated rings. The number of ether oxygens (including phenoxy) is 4. The van der Waals surface area contributed by atoms with Crippen molar-refractivity contribution in [3.8, 4) is 0 Å². The molecular weight excluding hydrogens is 821 g/mol. The summed E-state index contributed by atoms with van der Waals surface area (Å²) in [5.74, 6) is -2.78. The minimum Gasteiger partial charge on any atom is -0.478 e. The van der Waals surface area contributed by atoms with E-state index in [0.29, 0.717) is 44.9 Å². The summed E-state index contributed by atoms with van der Waals surface area (Å²) >= 11 is 3.53. The number of hydrogen-bond acceptors (Lipinski definition) is 12. The zero-order valence-corrected chi connectivity index (χ0v) is 37.7. The molecule has 0 radical (unpaired) electrons. The van der Waals surface area contributed by atoms with Gasteiger partial charge in [0.25, 0.3) is 0 Å². The van der Waals surface area contributed by atoms with Gasteiger partial charge in [-0.15, -0.1) is 22.7 Å². The number of likely N-dealkylation sites (tertiary alicyclic amines) is 2. The average molecular weight is 881 g/mol. The fraction of sp³-hybridized carbons (Fsp3) is 0.500. The SMILES string of the molecule is CC(C)(C)C(=O)OC1CN(C(=O)CCOCCc2ccc3sccc3c2)C1.CC(C)(C)C(=O)OC1CN(CCCOCCc2ccc3sccc3c2)C1.O=C(O)/C=C\C(=O)O. The van der Waals surface area contributed by atoms with Crippen LogP contribution in [0.25, 0.3) is 20.2 Å². The number of benzene rings is 2. The van der Waals surface area contributed by atoms with Crippen LogP contribution in [0.1, 0.15) is 65.5 Å². The smallest absolute Gasteiger partial charge is 0.328 e. The van der Waals surface area contributed by atoms with Crippen LogP contribution in [0.2, 0.25) is 0 Å². The second kappa shape index (κ2) is 23.5. The third kappa shape index (κ3) is 17.3. The molecule has 4 heterocycles. The molecule has 0 unspecified atom stereocenters. The first-order chi connectivity index (χ1) is 28.9.